The zero-order valence-electron chi connectivity index (χ0n) is 8.00. The Morgan fingerprint density at radius 3 is 2.38 bits per heavy atom. The van der Waals surface area contributed by atoms with E-state index in [9.17, 15) is 0 Å². The highest BCUT2D eigenvalue weighted by molar-refractivity contribution is 14.1. The topological polar surface area (TPSA) is 18.5 Å². The van der Waals surface area contributed by atoms with Crippen LogP contribution in [0.3, 0.4) is 0 Å². The maximum absolute atomic E-state index is 5.25. The predicted molar refractivity (Wildman–Crippen MR) is 62.0 cm³/mol. The van der Waals surface area contributed by atoms with Crippen molar-refractivity contribution in [1.29, 1.82) is 0 Å². The normalized spacial score (nSPS) is 12.3. The van der Waals surface area contributed by atoms with E-state index >= 15 is 0 Å². The molecule has 0 saturated heterocycles. The Morgan fingerprint density at radius 1 is 1.23 bits per heavy atom. The van der Waals surface area contributed by atoms with Gasteiger partial charge in [0.05, 0.1) is 14.2 Å². The minimum absolute atomic E-state index is 0.419. The smallest absolute Gasteiger partial charge is 0.123 e. The number of hydrogen-bond donors (Lipinski definition) is 0. The molecule has 0 N–H and O–H groups in total. The average Bonchev–Trinajstić information content (AvgIpc) is 2.16. The molecule has 2 nitrogen and oxygen atoms in total. The largest absolute Gasteiger partial charge is 0.497 e. The molecule has 0 aliphatic rings. The lowest BCUT2D eigenvalue weighted by Crippen LogP contribution is -1.93. The molecule has 1 rings (SSSR count). The summed E-state index contributed by atoms with van der Waals surface area (Å²) < 4.78 is 10.8. The molecule has 72 valence electrons. The Balaban J connectivity index is 3.10. The first kappa shape index (κ1) is 10.6. The molecule has 0 fully saturated rings. The number of methoxy groups -OCH3 is 2. The molecule has 0 aromatic heterocycles. The molecule has 1 aromatic rings. The average molecular weight is 292 g/mol. The summed E-state index contributed by atoms with van der Waals surface area (Å²) in [4.78, 5) is 0. The van der Waals surface area contributed by atoms with Gasteiger partial charge in [0.1, 0.15) is 11.5 Å². The SMILES string of the molecule is COc1ccc(OC)c(C(C)I)c1. The van der Waals surface area contributed by atoms with Crippen molar-refractivity contribution < 1.29 is 9.47 Å². The molecule has 1 unspecified atom stereocenters. The zero-order chi connectivity index (χ0) is 9.84. The lowest BCUT2D eigenvalue weighted by Gasteiger charge is -2.11. The van der Waals surface area contributed by atoms with Crippen LogP contribution in [0.2, 0.25) is 0 Å². The Kier molecular flexibility index (Phi) is 3.84. The molecule has 1 aromatic carbocycles. The van der Waals surface area contributed by atoms with Crippen molar-refractivity contribution in [3.63, 3.8) is 0 Å². The van der Waals surface area contributed by atoms with E-state index in [2.05, 4.69) is 29.5 Å². The van der Waals surface area contributed by atoms with Gasteiger partial charge in [-0.2, -0.15) is 0 Å². The van der Waals surface area contributed by atoms with E-state index in [1.165, 1.54) is 5.56 Å². The van der Waals surface area contributed by atoms with Crippen LogP contribution in [-0.2, 0) is 0 Å². The van der Waals surface area contributed by atoms with Crippen LogP contribution in [0.5, 0.6) is 11.5 Å². The summed E-state index contributed by atoms with van der Waals surface area (Å²) in [6, 6.07) is 5.85. The minimum Gasteiger partial charge on any atom is -0.497 e. The quantitative estimate of drug-likeness (QED) is 0.629. The third kappa shape index (κ3) is 2.49. The lowest BCUT2D eigenvalue weighted by molar-refractivity contribution is 0.399. The molecule has 0 aliphatic carbocycles. The fourth-order valence-corrected chi connectivity index (χ4v) is 1.64. The highest BCUT2D eigenvalue weighted by Gasteiger charge is 2.09. The van der Waals surface area contributed by atoms with Gasteiger partial charge in [-0.3, -0.25) is 0 Å². The van der Waals surface area contributed by atoms with Crippen LogP contribution in [0.15, 0.2) is 18.2 Å². The Bertz CT molecular complexity index is 284. The number of ether oxygens (including phenoxy) is 2. The van der Waals surface area contributed by atoms with E-state index in [-0.39, 0.29) is 0 Å². The third-order valence-electron chi connectivity index (χ3n) is 1.87. The summed E-state index contributed by atoms with van der Waals surface area (Å²) in [5.41, 5.74) is 1.17. The molecule has 0 saturated carbocycles. The second-order valence-corrected chi connectivity index (χ2v) is 4.59. The van der Waals surface area contributed by atoms with Crippen molar-refractivity contribution in [2.75, 3.05) is 14.2 Å². The van der Waals surface area contributed by atoms with Gasteiger partial charge in [0, 0.05) is 9.49 Å². The van der Waals surface area contributed by atoms with Crippen LogP contribution in [0.25, 0.3) is 0 Å². The summed E-state index contributed by atoms with van der Waals surface area (Å²) in [6.07, 6.45) is 0. The summed E-state index contributed by atoms with van der Waals surface area (Å²) in [5.74, 6) is 1.79. The predicted octanol–water partition coefficient (Wildman–Crippen LogP) is 3.20. The van der Waals surface area contributed by atoms with E-state index in [1.54, 1.807) is 14.2 Å². The lowest BCUT2D eigenvalue weighted by atomic mass is 10.1. The zero-order valence-corrected chi connectivity index (χ0v) is 10.2. The van der Waals surface area contributed by atoms with Crippen molar-refractivity contribution in [2.24, 2.45) is 0 Å². The van der Waals surface area contributed by atoms with Crippen molar-refractivity contribution in [2.45, 2.75) is 10.8 Å². The highest BCUT2D eigenvalue weighted by Crippen LogP contribution is 2.33. The number of hydrogen-bond acceptors (Lipinski definition) is 2. The molecule has 0 bridgehead atoms. The number of rotatable bonds is 3. The fraction of sp³-hybridized carbons (Fsp3) is 0.400. The third-order valence-corrected chi connectivity index (χ3v) is 2.54. The highest BCUT2D eigenvalue weighted by atomic mass is 127. The molecule has 0 radical (unpaired) electrons. The van der Waals surface area contributed by atoms with Crippen molar-refractivity contribution in [3.05, 3.63) is 23.8 Å². The standard InChI is InChI=1S/C10H13IO2/c1-7(11)9-6-8(12-2)4-5-10(9)13-3/h4-7H,1-3H3. The fourth-order valence-electron chi connectivity index (χ4n) is 1.15. The minimum atomic E-state index is 0.419. The molecule has 0 amide bonds. The molecule has 3 heteroatoms. The van der Waals surface area contributed by atoms with Gasteiger partial charge >= 0.3 is 0 Å². The summed E-state index contributed by atoms with van der Waals surface area (Å²) in [6.45, 7) is 2.12. The summed E-state index contributed by atoms with van der Waals surface area (Å²) >= 11 is 2.35. The van der Waals surface area contributed by atoms with Gasteiger partial charge in [0.15, 0.2) is 0 Å². The van der Waals surface area contributed by atoms with E-state index in [4.69, 9.17) is 9.47 Å². The maximum atomic E-state index is 5.25. The van der Waals surface area contributed by atoms with Gasteiger partial charge in [-0.15, -0.1) is 0 Å². The molecule has 0 spiro atoms. The number of benzene rings is 1. The second kappa shape index (κ2) is 4.69. The van der Waals surface area contributed by atoms with Crippen molar-refractivity contribution in [3.8, 4) is 11.5 Å². The summed E-state index contributed by atoms with van der Waals surface area (Å²) in [7, 11) is 3.35. The molecule has 0 aliphatic heterocycles. The van der Waals surface area contributed by atoms with Crippen LogP contribution in [0.1, 0.15) is 16.4 Å². The summed E-state index contributed by atoms with van der Waals surface area (Å²) in [5, 5.41) is 0. The van der Waals surface area contributed by atoms with Gasteiger partial charge in [0.2, 0.25) is 0 Å². The monoisotopic (exact) mass is 292 g/mol. The van der Waals surface area contributed by atoms with Gasteiger partial charge in [-0.25, -0.2) is 0 Å². The van der Waals surface area contributed by atoms with Gasteiger partial charge in [-0.05, 0) is 25.1 Å². The van der Waals surface area contributed by atoms with E-state index in [0.29, 0.717) is 3.92 Å². The van der Waals surface area contributed by atoms with Crippen LogP contribution in [0, 0.1) is 0 Å². The molecule has 13 heavy (non-hydrogen) atoms. The molecule has 0 heterocycles. The number of halogens is 1. The van der Waals surface area contributed by atoms with Crippen LogP contribution < -0.4 is 9.47 Å². The van der Waals surface area contributed by atoms with Crippen LogP contribution in [-0.4, -0.2) is 14.2 Å². The van der Waals surface area contributed by atoms with E-state index in [1.807, 2.05) is 18.2 Å². The Hall–Kier alpha value is -0.450. The first-order valence-corrected chi connectivity index (χ1v) is 5.29. The molecular weight excluding hydrogens is 279 g/mol. The maximum Gasteiger partial charge on any atom is 0.123 e. The van der Waals surface area contributed by atoms with E-state index < -0.39 is 0 Å². The molecule has 1 atom stereocenters. The van der Waals surface area contributed by atoms with Crippen molar-refractivity contribution >= 4 is 22.6 Å². The Labute approximate surface area is 92.4 Å². The number of alkyl halides is 1. The van der Waals surface area contributed by atoms with Crippen molar-refractivity contribution in [1.82, 2.24) is 0 Å². The first-order valence-electron chi connectivity index (χ1n) is 4.05. The first-order chi connectivity index (χ1) is 6.19. The Morgan fingerprint density at radius 2 is 1.92 bits per heavy atom. The van der Waals surface area contributed by atoms with Crippen LogP contribution >= 0.6 is 22.6 Å². The van der Waals surface area contributed by atoms with Crippen LogP contribution in [0.4, 0.5) is 0 Å². The van der Waals surface area contributed by atoms with Gasteiger partial charge in [0.25, 0.3) is 0 Å². The van der Waals surface area contributed by atoms with Gasteiger partial charge < -0.3 is 9.47 Å². The van der Waals surface area contributed by atoms with Gasteiger partial charge in [-0.1, -0.05) is 22.6 Å². The second-order valence-electron chi connectivity index (χ2n) is 2.72. The molecular formula is C10H13IO2. The van der Waals surface area contributed by atoms with E-state index in [0.717, 1.165) is 11.5 Å².